The molecule has 0 N–H and O–H groups in total. The number of benzene rings is 2. The van der Waals surface area contributed by atoms with Crippen molar-refractivity contribution in [2.75, 3.05) is 6.54 Å². The van der Waals surface area contributed by atoms with Gasteiger partial charge >= 0.3 is 0 Å². The average Bonchev–Trinajstić information content (AvgIpc) is 3.21. The van der Waals surface area contributed by atoms with Crippen LogP contribution in [0.25, 0.3) is 28.0 Å². The van der Waals surface area contributed by atoms with Crippen LogP contribution in [0.15, 0.2) is 66.9 Å². The van der Waals surface area contributed by atoms with Crippen molar-refractivity contribution in [2.24, 2.45) is 0 Å². The third kappa shape index (κ3) is 4.47. The second-order valence-electron chi connectivity index (χ2n) is 9.31. The smallest absolute Gasteiger partial charge is 0.223 e. The zero-order valence-corrected chi connectivity index (χ0v) is 20.6. The summed E-state index contributed by atoms with van der Waals surface area (Å²) in [5.41, 5.74) is 7.37. The van der Waals surface area contributed by atoms with Gasteiger partial charge in [-0.3, -0.25) is 4.79 Å². The molecule has 1 saturated heterocycles. The molecule has 0 radical (unpaired) electrons. The molecule has 2 aromatic carbocycles. The lowest BCUT2D eigenvalue weighted by atomic mass is 10.0. The predicted molar refractivity (Wildman–Crippen MR) is 139 cm³/mol. The van der Waals surface area contributed by atoms with E-state index >= 15 is 0 Å². The van der Waals surface area contributed by atoms with Crippen molar-refractivity contribution in [3.63, 3.8) is 0 Å². The monoisotopic (exact) mass is 471 g/mol. The number of pyridine rings is 1. The first kappa shape index (κ1) is 22.7. The van der Waals surface area contributed by atoms with Crippen molar-refractivity contribution in [2.45, 2.75) is 52.0 Å². The lowest BCUT2D eigenvalue weighted by molar-refractivity contribution is -0.134. The maximum absolute atomic E-state index is 13.1. The first-order chi connectivity index (χ1) is 16.5. The zero-order valence-electron chi connectivity index (χ0n) is 19.8. The van der Waals surface area contributed by atoms with Gasteiger partial charge in [-0.15, -0.1) is 0 Å². The Morgan fingerprint density at radius 1 is 1.06 bits per heavy atom. The Kier molecular flexibility index (Phi) is 6.42. The SMILES string of the molecule is Cc1cc(Cl)ccc1-c1ccc2nc(-c3ccccc3)c(CCC(=O)N3CCCC[C@@H]3C)n2c1. The maximum Gasteiger partial charge on any atom is 0.223 e. The third-order valence-corrected chi connectivity index (χ3v) is 7.20. The Balaban J connectivity index is 1.54. The van der Waals surface area contributed by atoms with E-state index in [1.165, 1.54) is 6.42 Å². The van der Waals surface area contributed by atoms with Crippen LogP contribution in [0.3, 0.4) is 0 Å². The van der Waals surface area contributed by atoms with E-state index in [9.17, 15) is 4.79 Å². The number of aryl methyl sites for hydroxylation is 2. The van der Waals surface area contributed by atoms with Gasteiger partial charge in [-0.1, -0.05) is 48.0 Å². The van der Waals surface area contributed by atoms with Crippen LogP contribution in [0.4, 0.5) is 0 Å². The standard InChI is InChI=1S/C29H30ClN3O/c1-20-18-24(30)12-13-25(20)23-11-15-27-31-29(22-9-4-3-5-10-22)26(33(27)19-23)14-16-28(34)32-17-7-6-8-21(32)2/h3-5,9-13,15,18-19,21H,6-8,14,16-17H2,1-2H3/t21-/m0/s1. The molecule has 4 aromatic rings. The number of fused-ring (bicyclic) bond motifs is 1. The normalized spacial score (nSPS) is 16.2. The molecule has 3 heterocycles. The van der Waals surface area contributed by atoms with Crippen LogP contribution in [-0.4, -0.2) is 32.8 Å². The van der Waals surface area contributed by atoms with E-state index in [0.717, 1.165) is 63.7 Å². The van der Waals surface area contributed by atoms with E-state index in [4.69, 9.17) is 16.6 Å². The molecule has 1 aliphatic rings. The zero-order chi connectivity index (χ0) is 23.7. The molecule has 0 bridgehead atoms. The number of rotatable bonds is 5. The Hall–Kier alpha value is -3.11. The Morgan fingerprint density at radius 3 is 2.65 bits per heavy atom. The molecular weight excluding hydrogens is 442 g/mol. The fourth-order valence-corrected chi connectivity index (χ4v) is 5.33. The third-order valence-electron chi connectivity index (χ3n) is 6.96. The number of carbonyl (C=O) groups excluding carboxylic acids is 1. The molecule has 1 amide bonds. The number of hydrogen-bond donors (Lipinski definition) is 0. The number of aromatic nitrogens is 2. The summed E-state index contributed by atoms with van der Waals surface area (Å²) in [6.07, 6.45) is 6.70. The van der Waals surface area contributed by atoms with Crippen LogP contribution in [0.5, 0.6) is 0 Å². The van der Waals surface area contributed by atoms with Gasteiger partial charge in [-0.2, -0.15) is 0 Å². The highest BCUT2D eigenvalue weighted by Gasteiger charge is 2.24. The highest BCUT2D eigenvalue weighted by Crippen LogP contribution is 2.30. The number of carbonyl (C=O) groups is 1. The fraction of sp³-hybridized carbons (Fsp3) is 0.310. The summed E-state index contributed by atoms with van der Waals surface area (Å²) in [7, 11) is 0. The van der Waals surface area contributed by atoms with Gasteiger partial charge in [0.25, 0.3) is 0 Å². The van der Waals surface area contributed by atoms with Crippen molar-refractivity contribution in [3.8, 4) is 22.4 Å². The topological polar surface area (TPSA) is 37.6 Å². The summed E-state index contributed by atoms with van der Waals surface area (Å²) in [6.45, 7) is 5.12. The van der Waals surface area contributed by atoms with Crippen LogP contribution in [0.2, 0.25) is 5.02 Å². The summed E-state index contributed by atoms with van der Waals surface area (Å²) in [4.78, 5) is 20.2. The number of nitrogens with zero attached hydrogens (tertiary/aromatic N) is 3. The molecule has 1 atom stereocenters. The van der Waals surface area contributed by atoms with Crippen LogP contribution in [-0.2, 0) is 11.2 Å². The lowest BCUT2D eigenvalue weighted by Gasteiger charge is -2.33. The molecule has 174 valence electrons. The van der Waals surface area contributed by atoms with E-state index in [-0.39, 0.29) is 5.91 Å². The minimum atomic E-state index is 0.242. The summed E-state index contributed by atoms with van der Waals surface area (Å²) in [5, 5.41) is 0.738. The molecule has 1 aliphatic heterocycles. The molecule has 5 heteroatoms. The summed E-state index contributed by atoms with van der Waals surface area (Å²) < 4.78 is 2.17. The van der Waals surface area contributed by atoms with Gasteiger partial charge in [-0.25, -0.2) is 4.98 Å². The largest absolute Gasteiger partial charge is 0.340 e. The van der Waals surface area contributed by atoms with Crippen LogP contribution < -0.4 is 0 Å². The highest BCUT2D eigenvalue weighted by atomic mass is 35.5. The molecule has 5 rings (SSSR count). The summed E-state index contributed by atoms with van der Waals surface area (Å²) in [5.74, 6) is 0.242. The number of likely N-dealkylation sites (tertiary alicyclic amines) is 1. The molecule has 1 fully saturated rings. The molecule has 0 saturated carbocycles. The molecule has 0 unspecified atom stereocenters. The number of imidazole rings is 1. The van der Waals surface area contributed by atoms with Crippen LogP contribution in [0.1, 0.15) is 43.9 Å². The molecule has 0 spiro atoms. The minimum absolute atomic E-state index is 0.242. The predicted octanol–water partition coefficient (Wildman–Crippen LogP) is 6.96. The van der Waals surface area contributed by atoms with Gasteiger partial charge in [0, 0.05) is 35.8 Å². The average molecular weight is 472 g/mol. The second kappa shape index (κ2) is 9.63. The van der Waals surface area contributed by atoms with Crippen LogP contribution >= 0.6 is 11.6 Å². The quantitative estimate of drug-likeness (QED) is 0.315. The summed E-state index contributed by atoms with van der Waals surface area (Å²) in [6, 6.07) is 20.7. The Morgan fingerprint density at radius 2 is 1.88 bits per heavy atom. The highest BCUT2D eigenvalue weighted by molar-refractivity contribution is 6.30. The number of halogens is 1. The number of hydrogen-bond acceptors (Lipinski definition) is 2. The summed E-state index contributed by atoms with van der Waals surface area (Å²) >= 11 is 6.19. The van der Waals surface area contributed by atoms with Crippen molar-refractivity contribution in [1.82, 2.24) is 14.3 Å². The Bertz CT molecular complexity index is 1330. The van der Waals surface area contributed by atoms with Crippen molar-refractivity contribution < 1.29 is 4.79 Å². The van der Waals surface area contributed by atoms with Gasteiger partial charge < -0.3 is 9.30 Å². The first-order valence-electron chi connectivity index (χ1n) is 12.1. The van der Waals surface area contributed by atoms with Gasteiger partial charge in [0.05, 0.1) is 11.4 Å². The number of amides is 1. The van der Waals surface area contributed by atoms with E-state index in [1.807, 2.05) is 30.3 Å². The molecule has 34 heavy (non-hydrogen) atoms. The van der Waals surface area contributed by atoms with E-state index < -0.39 is 0 Å². The molecular formula is C29H30ClN3O. The van der Waals surface area contributed by atoms with Crippen molar-refractivity contribution in [1.29, 1.82) is 0 Å². The molecule has 2 aromatic heterocycles. The maximum atomic E-state index is 13.1. The first-order valence-corrected chi connectivity index (χ1v) is 12.5. The second-order valence-corrected chi connectivity index (χ2v) is 9.75. The minimum Gasteiger partial charge on any atom is -0.340 e. The van der Waals surface area contributed by atoms with Gasteiger partial charge in [0.15, 0.2) is 0 Å². The molecule has 0 aliphatic carbocycles. The van der Waals surface area contributed by atoms with Crippen molar-refractivity contribution >= 4 is 23.2 Å². The molecule has 4 nitrogen and oxygen atoms in total. The van der Waals surface area contributed by atoms with Crippen molar-refractivity contribution in [3.05, 3.63) is 83.1 Å². The van der Waals surface area contributed by atoms with Gasteiger partial charge in [0.2, 0.25) is 5.91 Å². The van der Waals surface area contributed by atoms with Crippen LogP contribution in [0, 0.1) is 6.92 Å². The van der Waals surface area contributed by atoms with E-state index in [1.54, 1.807) is 0 Å². The lowest BCUT2D eigenvalue weighted by Crippen LogP contribution is -2.42. The number of piperidine rings is 1. The van der Waals surface area contributed by atoms with E-state index in [0.29, 0.717) is 18.9 Å². The Labute approximate surface area is 206 Å². The van der Waals surface area contributed by atoms with Gasteiger partial charge in [0.1, 0.15) is 5.65 Å². The van der Waals surface area contributed by atoms with E-state index in [2.05, 4.69) is 59.7 Å². The fourth-order valence-electron chi connectivity index (χ4n) is 5.11. The van der Waals surface area contributed by atoms with Gasteiger partial charge in [-0.05, 0) is 80.5 Å².